The lowest BCUT2D eigenvalue weighted by Gasteiger charge is -2.08. The van der Waals surface area contributed by atoms with Gasteiger partial charge in [-0.1, -0.05) is 12.1 Å². The van der Waals surface area contributed by atoms with E-state index in [4.69, 9.17) is 5.53 Å². The predicted octanol–water partition coefficient (Wildman–Crippen LogP) is 2.49. The van der Waals surface area contributed by atoms with E-state index in [2.05, 4.69) is 14.5 Å². The summed E-state index contributed by atoms with van der Waals surface area (Å²) in [5, 5.41) is 4.23. The molecule has 19 heavy (non-hydrogen) atoms. The first-order valence-corrected chi connectivity index (χ1v) is 6.84. The van der Waals surface area contributed by atoms with Crippen LogP contribution in [-0.2, 0) is 10.0 Å². The SMILES string of the molecule is Cc1cc(C)n(-c2ccccc2S(=O)(=O)N=[N+]=[N-])n1. The van der Waals surface area contributed by atoms with Gasteiger partial charge in [-0.15, -0.1) is 0 Å². The van der Waals surface area contributed by atoms with Crippen LogP contribution in [0.3, 0.4) is 0 Å². The number of nitrogens with zero attached hydrogens (tertiary/aromatic N) is 5. The number of hydrogen-bond donors (Lipinski definition) is 0. The van der Waals surface area contributed by atoms with Crippen LogP contribution in [0, 0.1) is 13.8 Å². The van der Waals surface area contributed by atoms with Crippen molar-refractivity contribution in [2.75, 3.05) is 0 Å². The summed E-state index contributed by atoms with van der Waals surface area (Å²) in [7, 11) is -4.05. The molecule has 0 spiro atoms. The highest BCUT2D eigenvalue weighted by Gasteiger charge is 2.19. The maximum atomic E-state index is 11.9. The predicted molar refractivity (Wildman–Crippen MR) is 69.4 cm³/mol. The summed E-state index contributed by atoms with van der Waals surface area (Å²) in [5.41, 5.74) is 10.3. The van der Waals surface area contributed by atoms with E-state index in [1.54, 1.807) is 18.2 Å². The first-order chi connectivity index (χ1) is 8.95. The summed E-state index contributed by atoms with van der Waals surface area (Å²) in [6.45, 7) is 3.63. The molecule has 0 unspecified atom stereocenters. The van der Waals surface area contributed by atoms with Crippen LogP contribution in [0.25, 0.3) is 16.1 Å². The molecule has 0 amide bonds. The van der Waals surface area contributed by atoms with Crippen LogP contribution < -0.4 is 0 Å². The molecule has 0 saturated heterocycles. The lowest BCUT2D eigenvalue weighted by Crippen LogP contribution is -2.06. The van der Waals surface area contributed by atoms with Crippen LogP contribution in [0.4, 0.5) is 0 Å². The Bertz CT molecular complexity index is 772. The topological polar surface area (TPSA) is 101 Å². The molecular weight excluding hydrogens is 266 g/mol. The molecule has 1 aromatic carbocycles. The number of hydrogen-bond acceptors (Lipinski definition) is 3. The zero-order valence-corrected chi connectivity index (χ0v) is 11.2. The summed E-state index contributed by atoms with van der Waals surface area (Å²) in [6.07, 6.45) is 0. The molecule has 2 rings (SSSR count). The number of benzene rings is 1. The Morgan fingerprint density at radius 3 is 2.58 bits per heavy atom. The smallest absolute Gasteiger partial charge is 0.237 e. The molecule has 0 saturated carbocycles. The first kappa shape index (κ1) is 13.1. The minimum absolute atomic E-state index is 0.0704. The number of para-hydroxylation sites is 1. The van der Waals surface area contributed by atoms with Gasteiger partial charge in [-0.3, -0.25) is 0 Å². The molecule has 98 valence electrons. The largest absolute Gasteiger partial charge is 0.266 e. The van der Waals surface area contributed by atoms with Gasteiger partial charge in [0.1, 0.15) is 4.90 Å². The van der Waals surface area contributed by atoms with Gasteiger partial charge in [0.15, 0.2) is 0 Å². The van der Waals surface area contributed by atoms with Crippen LogP contribution in [-0.4, -0.2) is 18.2 Å². The zero-order valence-electron chi connectivity index (χ0n) is 10.3. The molecule has 0 bridgehead atoms. The van der Waals surface area contributed by atoms with Gasteiger partial charge < -0.3 is 0 Å². The Balaban J connectivity index is 2.74. The molecule has 0 aliphatic rings. The maximum Gasteiger partial charge on any atom is 0.266 e. The molecule has 1 heterocycles. The van der Waals surface area contributed by atoms with Crippen molar-refractivity contribution in [1.82, 2.24) is 9.78 Å². The Hall–Kier alpha value is -2.31. The van der Waals surface area contributed by atoms with Crippen molar-refractivity contribution in [3.05, 3.63) is 52.2 Å². The first-order valence-electron chi connectivity index (χ1n) is 5.40. The molecule has 8 heteroatoms. The summed E-state index contributed by atoms with van der Waals surface area (Å²) < 4.78 is 28.1. The second-order valence-electron chi connectivity index (χ2n) is 3.95. The summed E-state index contributed by atoms with van der Waals surface area (Å²) in [4.78, 5) is 2.28. The highest BCUT2D eigenvalue weighted by atomic mass is 32.2. The molecule has 0 fully saturated rings. The number of aryl methyl sites for hydroxylation is 2. The van der Waals surface area contributed by atoms with Crippen molar-refractivity contribution in [3.63, 3.8) is 0 Å². The molecule has 2 aromatic rings. The van der Waals surface area contributed by atoms with Crippen LogP contribution in [0.2, 0.25) is 0 Å². The van der Waals surface area contributed by atoms with Gasteiger partial charge in [0.25, 0.3) is 10.0 Å². The summed E-state index contributed by atoms with van der Waals surface area (Å²) in [6, 6.07) is 8.09. The summed E-state index contributed by atoms with van der Waals surface area (Å²) >= 11 is 0. The molecule has 1 aromatic heterocycles. The second-order valence-corrected chi connectivity index (χ2v) is 5.51. The van der Waals surface area contributed by atoms with E-state index in [-0.39, 0.29) is 4.90 Å². The van der Waals surface area contributed by atoms with E-state index in [1.807, 2.05) is 19.9 Å². The molecule has 7 nitrogen and oxygen atoms in total. The Morgan fingerprint density at radius 1 is 1.32 bits per heavy atom. The Labute approximate surface area is 110 Å². The van der Waals surface area contributed by atoms with Crippen LogP contribution in [0.5, 0.6) is 0 Å². The third-order valence-corrected chi connectivity index (χ3v) is 3.71. The van der Waals surface area contributed by atoms with Crippen molar-refractivity contribution >= 4 is 10.0 Å². The van der Waals surface area contributed by atoms with Crippen molar-refractivity contribution < 1.29 is 8.42 Å². The fourth-order valence-corrected chi connectivity index (χ4v) is 2.67. The van der Waals surface area contributed by atoms with E-state index in [9.17, 15) is 8.42 Å². The van der Waals surface area contributed by atoms with E-state index >= 15 is 0 Å². The van der Waals surface area contributed by atoms with Crippen molar-refractivity contribution in [2.24, 2.45) is 4.52 Å². The van der Waals surface area contributed by atoms with Crippen molar-refractivity contribution in [2.45, 2.75) is 18.7 Å². The van der Waals surface area contributed by atoms with Gasteiger partial charge in [-0.05, 0) is 37.6 Å². The van der Waals surface area contributed by atoms with E-state index < -0.39 is 10.0 Å². The molecular formula is C11H11N5O2S. The fraction of sp³-hybridized carbons (Fsp3) is 0.182. The number of rotatable bonds is 3. The molecule has 0 aliphatic carbocycles. The van der Waals surface area contributed by atoms with Crippen LogP contribution in [0.1, 0.15) is 11.4 Å². The van der Waals surface area contributed by atoms with Crippen molar-refractivity contribution in [1.29, 1.82) is 0 Å². The Kier molecular flexibility index (Phi) is 3.28. The highest BCUT2D eigenvalue weighted by Crippen LogP contribution is 2.23. The minimum Gasteiger partial charge on any atom is -0.237 e. The third kappa shape index (κ3) is 2.44. The lowest BCUT2D eigenvalue weighted by molar-refractivity contribution is 0.596. The quantitative estimate of drug-likeness (QED) is 0.489. The average molecular weight is 277 g/mol. The minimum atomic E-state index is -4.05. The standard InChI is InChI=1S/C11H11N5O2S/c1-8-7-9(2)16(13-8)10-5-3-4-6-11(10)19(17,18)15-14-12/h3-7H,1-2H3. The fourth-order valence-electron chi connectivity index (χ4n) is 1.82. The van der Waals surface area contributed by atoms with Crippen LogP contribution >= 0.6 is 0 Å². The molecule has 0 N–H and O–H groups in total. The second kappa shape index (κ2) is 4.75. The molecule has 0 atom stereocenters. The Morgan fingerprint density at radius 2 is 2.00 bits per heavy atom. The van der Waals surface area contributed by atoms with Crippen LogP contribution in [0.15, 0.2) is 39.7 Å². The van der Waals surface area contributed by atoms with Gasteiger partial charge in [-0.25, -0.2) is 13.1 Å². The van der Waals surface area contributed by atoms with Gasteiger partial charge >= 0.3 is 0 Å². The number of aromatic nitrogens is 2. The summed E-state index contributed by atoms with van der Waals surface area (Å²) in [5.74, 6) is 0. The van der Waals surface area contributed by atoms with Crippen molar-refractivity contribution in [3.8, 4) is 5.69 Å². The lowest BCUT2D eigenvalue weighted by atomic mass is 10.3. The van der Waals surface area contributed by atoms with Gasteiger partial charge in [0.2, 0.25) is 0 Å². The number of azide groups is 1. The molecule has 0 radical (unpaired) electrons. The molecule has 0 aliphatic heterocycles. The van der Waals surface area contributed by atoms with Gasteiger partial charge in [-0.2, -0.15) is 5.10 Å². The monoisotopic (exact) mass is 277 g/mol. The highest BCUT2D eigenvalue weighted by molar-refractivity contribution is 7.90. The zero-order chi connectivity index (χ0) is 14.0. The maximum absolute atomic E-state index is 11.9. The van der Waals surface area contributed by atoms with E-state index in [1.165, 1.54) is 10.7 Å². The third-order valence-electron chi connectivity index (χ3n) is 2.52. The van der Waals surface area contributed by atoms with E-state index in [0.29, 0.717) is 5.69 Å². The number of sulfonamides is 1. The van der Waals surface area contributed by atoms with E-state index in [0.717, 1.165) is 11.4 Å². The van der Waals surface area contributed by atoms with Gasteiger partial charge in [0, 0.05) is 15.1 Å². The van der Waals surface area contributed by atoms with Gasteiger partial charge in [0.05, 0.1) is 11.4 Å². The average Bonchev–Trinajstić information content (AvgIpc) is 2.68. The normalized spacial score (nSPS) is 11.1.